The summed E-state index contributed by atoms with van der Waals surface area (Å²) in [5.41, 5.74) is 1.52. The summed E-state index contributed by atoms with van der Waals surface area (Å²) < 4.78 is 0.693. The van der Waals surface area contributed by atoms with Crippen molar-refractivity contribution < 1.29 is 14.7 Å². The van der Waals surface area contributed by atoms with Gasteiger partial charge in [0.05, 0.1) is 16.4 Å². The zero-order valence-electron chi connectivity index (χ0n) is 14.6. The number of rotatable bonds is 5. The number of carboxylic acid groups (broad SMARTS) is 1. The van der Waals surface area contributed by atoms with E-state index in [9.17, 15) is 9.59 Å². The minimum Gasteiger partial charge on any atom is -0.480 e. The second kappa shape index (κ2) is 8.24. The molecule has 3 rings (SSSR count). The molecule has 0 aliphatic carbocycles. The number of aromatic nitrogens is 1. The zero-order valence-corrected chi connectivity index (χ0v) is 16.1. The molecular weight excluding hydrogens is 374 g/mol. The van der Waals surface area contributed by atoms with Crippen molar-refractivity contribution in [2.75, 3.05) is 26.7 Å². The smallest absolute Gasteiger partial charge is 0.317 e. The number of hydrogen-bond donors (Lipinski definition) is 2. The van der Waals surface area contributed by atoms with E-state index in [1.807, 2.05) is 35.2 Å². The molecule has 0 saturated carbocycles. The predicted octanol–water partition coefficient (Wildman–Crippen LogP) is 3.41. The molecule has 6 nitrogen and oxygen atoms in total. The molecule has 1 unspecified atom stereocenters. The number of likely N-dealkylation sites (N-methyl/N-ethyl adjacent to an activating group) is 1. The van der Waals surface area contributed by atoms with Crippen LogP contribution in [0, 0.1) is 0 Å². The normalized spacial score (nSPS) is 18.1. The topological polar surface area (TPSA) is 76.6 Å². The first kappa shape index (κ1) is 18.9. The molecule has 2 aromatic rings. The van der Waals surface area contributed by atoms with Crippen molar-refractivity contribution in [2.45, 2.75) is 25.3 Å². The fraction of sp³-hybridized carbons (Fsp3) is 0.444. The number of nitrogens with zero attached hydrogens (tertiary/aromatic N) is 2. The Balaban J connectivity index is 1.70. The van der Waals surface area contributed by atoms with Crippen LogP contribution in [0.15, 0.2) is 24.5 Å². The highest BCUT2D eigenvalue weighted by Gasteiger charge is 2.26. The summed E-state index contributed by atoms with van der Waals surface area (Å²) in [6.45, 7) is 1.34. The molecule has 26 heavy (non-hydrogen) atoms. The maximum Gasteiger partial charge on any atom is 0.317 e. The molecule has 0 spiro atoms. The average Bonchev–Trinajstić information content (AvgIpc) is 3.16. The fourth-order valence-electron chi connectivity index (χ4n) is 3.44. The van der Waals surface area contributed by atoms with Gasteiger partial charge >= 0.3 is 5.97 Å². The number of carboxylic acids is 1. The lowest BCUT2D eigenvalue weighted by atomic mass is 10.1. The van der Waals surface area contributed by atoms with Gasteiger partial charge in [0.15, 0.2) is 0 Å². The standard InChI is InChI=1S/C18H22ClN3O3S/c1-21(11-17(23)24)12-3-2-7-22(8-6-12)18(25)14-10-20-9-13(14)15-4-5-16(19)26-15/h4-5,9-10,12,20H,2-3,6-8,11H2,1H3,(H,23,24). The zero-order chi connectivity index (χ0) is 18.7. The van der Waals surface area contributed by atoms with E-state index in [4.69, 9.17) is 16.7 Å². The molecule has 0 aromatic carbocycles. The van der Waals surface area contributed by atoms with Crippen molar-refractivity contribution in [3.8, 4) is 10.4 Å². The molecule has 8 heteroatoms. The number of nitrogens with one attached hydrogen (secondary N) is 1. The summed E-state index contributed by atoms with van der Waals surface area (Å²) in [7, 11) is 1.83. The van der Waals surface area contributed by atoms with Gasteiger partial charge in [-0.3, -0.25) is 14.5 Å². The highest BCUT2D eigenvalue weighted by Crippen LogP contribution is 2.33. The van der Waals surface area contributed by atoms with Crippen molar-refractivity contribution >= 4 is 34.8 Å². The van der Waals surface area contributed by atoms with Crippen LogP contribution >= 0.6 is 22.9 Å². The summed E-state index contributed by atoms with van der Waals surface area (Å²) in [6.07, 6.45) is 6.11. The van der Waals surface area contributed by atoms with Crippen LogP contribution < -0.4 is 0 Å². The van der Waals surface area contributed by atoms with Crippen molar-refractivity contribution in [3.05, 3.63) is 34.4 Å². The number of aliphatic carboxylic acids is 1. The number of likely N-dealkylation sites (tertiary alicyclic amines) is 1. The van der Waals surface area contributed by atoms with Gasteiger partial charge in [0.1, 0.15) is 0 Å². The van der Waals surface area contributed by atoms with Crippen LogP contribution in [-0.2, 0) is 4.79 Å². The van der Waals surface area contributed by atoms with Crippen molar-refractivity contribution in [2.24, 2.45) is 0 Å². The van der Waals surface area contributed by atoms with Gasteiger partial charge in [0.2, 0.25) is 0 Å². The van der Waals surface area contributed by atoms with E-state index in [2.05, 4.69) is 4.98 Å². The van der Waals surface area contributed by atoms with Crippen LogP contribution in [0.1, 0.15) is 29.6 Å². The maximum absolute atomic E-state index is 13.0. The average molecular weight is 396 g/mol. The van der Waals surface area contributed by atoms with Gasteiger partial charge in [0, 0.05) is 42.0 Å². The third kappa shape index (κ3) is 4.28. The van der Waals surface area contributed by atoms with Crippen LogP contribution in [-0.4, -0.2) is 64.5 Å². The Morgan fingerprint density at radius 3 is 2.85 bits per heavy atom. The van der Waals surface area contributed by atoms with Gasteiger partial charge in [-0.25, -0.2) is 0 Å². The van der Waals surface area contributed by atoms with Crippen molar-refractivity contribution in [3.63, 3.8) is 0 Å². The highest BCUT2D eigenvalue weighted by atomic mass is 35.5. The number of amides is 1. The fourth-order valence-corrected chi connectivity index (χ4v) is 4.51. The minimum absolute atomic E-state index is 0.00677. The van der Waals surface area contributed by atoms with Crippen molar-refractivity contribution in [1.29, 1.82) is 0 Å². The van der Waals surface area contributed by atoms with E-state index in [1.165, 1.54) is 11.3 Å². The van der Waals surface area contributed by atoms with E-state index in [-0.39, 0.29) is 18.5 Å². The maximum atomic E-state index is 13.0. The largest absolute Gasteiger partial charge is 0.480 e. The molecule has 1 aliphatic heterocycles. The van der Waals surface area contributed by atoms with Gasteiger partial charge in [-0.2, -0.15) is 0 Å². The lowest BCUT2D eigenvalue weighted by Crippen LogP contribution is -2.37. The molecule has 0 bridgehead atoms. The Kier molecular flexibility index (Phi) is 6.01. The third-order valence-corrected chi connectivity index (χ3v) is 6.07. The second-order valence-electron chi connectivity index (χ2n) is 6.57. The molecule has 2 N–H and O–H groups in total. The number of aromatic amines is 1. The summed E-state index contributed by atoms with van der Waals surface area (Å²) in [5, 5.41) is 8.97. The van der Waals surface area contributed by atoms with E-state index in [1.54, 1.807) is 6.20 Å². The number of carbonyl (C=O) groups excluding carboxylic acids is 1. The molecule has 1 amide bonds. The van der Waals surface area contributed by atoms with Crippen LogP contribution in [0.4, 0.5) is 0 Å². The Morgan fingerprint density at radius 2 is 2.15 bits per heavy atom. The number of hydrogen-bond acceptors (Lipinski definition) is 4. The summed E-state index contributed by atoms with van der Waals surface area (Å²) in [5.74, 6) is -0.816. The van der Waals surface area contributed by atoms with E-state index < -0.39 is 5.97 Å². The first-order chi connectivity index (χ1) is 12.5. The highest BCUT2D eigenvalue weighted by molar-refractivity contribution is 7.19. The lowest BCUT2D eigenvalue weighted by molar-refractivity contribution is -0.138. The number of H-pyrrole nitrogens is 1. The van der Waals surface area contributed by atoms with Crippen molar-refractivity contribution in [1.82, 2.24) is 14.8 Å². The molecule has 140 valence electrons. The summed E-state index contributed by atoms with van der Waals surface area (Å²) >= 11 is 7.48. The quantitative estimate of drug-likeness (QED) is 0.813. The number of carbonyl (C=O) groups is 2. The Hall–Kier alpha value is -1.83. The van der Waals surface area contributed by atoms with Crippen LogP contribution in [0.5, 0.6) is 0 Å². The number of thiophene rings is 1. The molecule has 1 aliphatic rings. The van der Waals surface area contributed by atoms with Gasteiger partial charge in [-0.05, 0) is 38.4 Å². The Morgan fingerprint density at radius 1 is 1.35 bits per heavy atom. The molecular formula is C18H22ClN3O3S. The van der Waals surface area contributed by atoms with Gasteiger partial charge in [0.25, 0.3) is 5.91 Å². The van der Waals surface area contributed by atoms with E-state index >= 15 is 0 Å². The Bertz CT molecular complexity index is 788. The van der Waals surface area contributed by atoms with E-state index in [0.29, 0.717) is 23.0 Å². The van der Waals surface area contributed by atoms with Gasteiger partial charge in [-0.15, -0.1) is 11.3 Å². The molecule has 2 aromatic heterocycles. The second-order valence-corrected chi connectivity index (χ2v) is 8.29. The first-order valence-corrected chi connectivity index (χ1v) is 9.79. The van der Waals surface area contributed by atoms with Crippen LogP contribution in [0.3, 0.4) is 0 Å². The summed E-state index contributed by atoms with van der Waals surface area (Å²) in [4.78, 5) is 31.7. The van der Waals surface area contributed by atoms with Crippen LogP contribution in [0.2, 0.25) is 4.34 Å². The van der Waals surface area contributed by atoms with Gasteiger partial charge in [-0.1, -0.05) is 11.6 Å². The minimum atomic E-state index is -0.823. The SMILES string of the molecule is CN(CC(=O)O)C1CCCN(C(=O)c2c[nH]cc2-c2ccc(Cl)s2)CC1. The van der Waals surface area contributed by atoms with Gasteiger partial charge < -0.3 is 15.0 Å². The first-order valence-electron chi connectivity index (χ1n) is 8.59. The molecule has 3 heterocycles. The molecule has 0 radical (unpaired) electrons. The predicted molar refractivity (Wildman–Crippen MR) is 103 cm³/mol. The number of halogens is 1. The Labute approximate surface area is 161 Å². The molecule has 1 fully saturated rings. The molecule has 1 atom stereocenters. The molecule has 1 saturated heterocycles. The monoisotopic (exact) mass is 395 g/mol. The lowest BCUT2D eigenvalue weighted by Gasteiger charge is -2.25. The third-order valence-electron chi connectivity index (χ3n) is 4.81. The van der Waals surface area contributed by atoms with E-state index in [0.717, 1.165) is 29.7 Å². The van der Waals surface area contributed by atoms with Crippen LogP contribution in [0.25, 0.3) is 10.4 Å². The summed E-state index contributed by atoms with van der Waals surface area (Å²) in [6, 6.07) is 3.94.